The summed E-state index contributed by atoms with van der Waals surface area (Å²) < 4.78 is 66.8. The average Bonchev–Trinajstić information content (AvgIpc) is 3.50. The van der Waals surface area contributed by atoms with Gasteiger partial charge >= 0.3 is 6.18 Å². The summed E-state index contributed by atoms with van der Waals surface area (Å²) in [6, 6.07) is 25.2. The van der Waals surface area contributed by atoms with Gasteiger partial charge in [0.2, 0.25) is 5.90 Å². The number of halogens is 4. The van der Waals surface area contributed by atoms with Crippen LogP contribution in [0.25, 0.3) is 16.5 Å². The van der Waals surface area contributed by atoms with Crippen LogP contribution in [0.1, 0.15) is 52.3 Å². The molecule has 0 saturated carbocycles. The van der Waals surface area contributed by atoms with Gasteiger partial charge in [0, 0.05) is 36.5 Å². The molecule has 4 aromatic carbocycles. The lowest BCUT2D eigenvalue weighted by atomic mass is 9.82. The number of aliphatic imine (C=N–C) groups is 1. The van der Waals surface area contributed by atoms with Gasteiger partial charge in [-0.05, 0) is 70.2 Å². The summed E-state index contributed by atoms with van der Waals surface area (Å²) in [6.07, 6.45) is -1.86. The smallest absolute Gasteiger partial charge is 0.416 e. The van der Waals surface area contributed by atoms with E-state index in [4.69, 9.17) is 25.1 Å². The van der Waals surface area contributed by atoms with E-state index in [1.54, 1.807) is 54.6 Å². The van der Waals surface area contributed by atoms with E-state index in [2.05, 4.69) is 15.3 Å². The maximum Gasteiger partial charge on any atom is 0.416 e. The Labute approximate surface area is 285 Å². The van der Waals surface area contributed by atoms with Gasteiger partial charge in [0.25, 0.3) is 5.91 Å². The van der Waals surface area contributed by atoms with Crippen molar-refractivity contribution in [2.24, 2.45) is 10.1 Å². The maximum atomic E-state index is 14.5. The molecule has 50 heavy (non-hydrogen) atoms. The third kappa shape index (κ3) is 8.68. The van der Waals surface area contributed by atoms with Crippen LogP contribution in [-0.4, -0.2) is 35.7 Å². The van der Waals surface area contributed by atoms with Gasteiger partial charge in [-0.2, -0.15) is 13.2 Å². The second kappa shape index (κ2) is 16.2. The topological polar surface area (TPSA) is 129 Å². The SMILES string of the molecule is [N-]=[N+]=NCc1ccccc1[C@H]1OC(c2ccc(OCCCO)cc2)=N[C@@]1(C/C=C/c1ccccc1)C(=O)NCc1cc(F)cc(C(F)(F)F)c1. The molecule has 1 aliphatic heterocycles. The number of aliphatic hydroxyl groups excluding tert-OH is 1. The number of aliphatic hydroxyl groups is 1. The molecule has 1 amide bonds. The Hall–Kier alpha value is -5.65. The van der Waals surface area contributed by atoms with Gasteiger partial charge in [-0.15, -0.1) is 0 Å². The Bertz CT molecular complexity index is 1890. The van der Waals surface area contributed by atoms with Crippen LogP contribution in [0.5, 0.6) is 5.75 Å². The van der Waals surface area contributed by atoms with Crippen molar-refractivity contribution in [2.45, 2.75) is 43.8 Å². The fraction of sp³-hybridized carbons (Fsp3) is 0.243. The van der Waals surface area contributed by atoms with Gasteiger partial charge in [0.1, 0.15) is 11.6 Å². The zero-order valence-electron chi connectivity index (χ0n) is 26.7. The minimum atomic E-state index is -4.79. The van der Waals surface area contributed by atoms with Crippen molar-refractivity contribution < 1.29 is 36.9 Å². The van der Waals surface area contributed by atoms with E-state index in [0.717, 1.165) is 17.7 Å². The summed E-state index contributed by atoms with van der Waals surface area (Å²) >= 11 is 0. The van der Waals surface area contributed by atoms with Gasteiger partial charge in [-0.1, -0.05) is 71.9 Å². The summed E-state index contributed by atoms with van der Waals surface area (Å²) in [5, 5.41) is 15.5. The molecule has 0 unspecified atom stereocenters. The number of alkyl halides is 3. The van der Waals surface area contributed by atoms with Crippen LogP contribution >= 0.6 is 0 Å². The lowest BCUT2D eigenvalue weighted by Gasteiger charge is -2.31. The molecule has 0 aliphatic carbocycles. The predicted molar refractivity (Wildman–Crippen MR) is 179 cm³/mol. The standard InChI is InChI=1S/C37H33F4N5O4/c38-30-21-26(20-29(22-30)37(39,40)41)23-43-35(48)36(17-6-10-25-8-2-1-3-9-25)33(32-12-5-4-11-28(32)24-44-46-42)50-34(45-36)27-13-15-31(16-14-27)49-19-7-18-47/h1-6,8-16,20-22,33,47H,7,17-19,23-24H2,(H,43,48)/b10-6+/t33-,36-/m1/s1. The first-order valence-electron chi connectivity index (χ1n) is 15.7. The minimum Gasteiger partial charge on any atom is -0.494 e. The highest BCUT2D eigenvalue weighted by molar-refractivity contribution is 6.01. The molecule has 2 N–H and O–H groups in total. The van der Waals surface area contributed by atoms with Crippen molar-refractivity contribution in [2.75, 3.05) is 13.2 Å². The minimum absolute atomic E-state index is 0.0168. The monoisotopic (exact) mass is 687 g/mol. The number of carbonyl (C=O) groups excluding carboxylic acids is 1. The molecule has 0 fully saturated rings. The van der Waals surface area contributed by atoms with Crippen molar-refractivity contribution in [3.63, 3.8) is 0 Å². The summed E-state index contributed by atoms with van der Waals surface area (Å²) in [5.74, 6) is -1.12. The van der Waals surface area contributed by atoms with Gasteiger partial charge in [-0.25, -0.2) is 9.38 Å². The molecule has 13 heteroatoms. The third-order valence-corrected chi connectivity index (χ3v) is 7.95. The van der Waals surface area contributed by atoms with E-state index in [-0.39, 0.29) is 31.0 Å². The molecular weight excluding hydrogens is 654 g/mol. The maximum absolute atomic E-state index is 14.5. The molecule has 1 heterocycles. The first-order chi connectivity index (χ1) is 24.1. The van der Waals surface area contributed by atoms with E-state index in [1.807, 2.05) is 36.4 Å². The Morgan fingerprint density at radius 2 is 1.80 bits per heavy atom. The number of hydrogen-bond acceptors (Lipinski definition) is 6. The number of nitrogens with one attached hydrogen (secondary N) is 1. The fourth-order valence-corrected chi connectivity index (χ4v) is 5.52. The number of ether oxygens (including phenoxy) is 2. The molecule has 0 saturated heterocycles. The van der Waals surface area contributed by atoms with Crippen LogP contribution in [0.4, 0.5) is 17.6 Å². The lowest BCUT2D eigenvalue weighted by molar-refractivity contribution is -0.137. The molecule has 9 nitrogen and oxygen atoms in total. The molecule has 258 valence electrons. The Morgan fingerprint density at radius 1 is 1.06 bits per heavy atom. The second-order valence-corrected chi connectivity index (χ2v) is 11.4. The molecule has 2 atom stereocenters. The third-order valence-electron chi connectivity index (χ3n) is 7.95. The van der Waals surface area contributed by atoms with E-state index in [0.29, 0.717) is 41.5 Å². The van der Waals surface area contributed by atoms with Crippen LogP contribution in [0.2, 0.25) is 0 Å². The summed E-state index contributed by atoms with van der Waals surface area (Å²) in [6.45, 7) is -0.189. The van der Waals surface area contributed by atoms with Gasteiger partial charge in [-0.3, -0.25) is 4.79 Å². The molecule has 0 radical (unpaired) electrons. The molecule has 0 aromatic heterocycles. The normalized spacial score (nSPS) is 17.1. The van der Waals surface area contributed by atoms with E-state index in [9.17, 15) is 22.4 Å². The van der Waals surface area contributed by atoms with Gasteiger partial charge < -0.3 is 19.9 Å². The highest BCUT2D eigenvalue weighted by Gasteiger charge is 2.53. The molecular formula is C37H33F4N5O4. The number of azide groups is 1. The number of carbonyl (C=O) groups is 1. The number of rotatable bonds is 14. The van der Waals surface area contributed by atoms with Crippen molar-refractivity contribution >= 4 is 17.9 Å². The van der Waals surface area contributed by atoms with E-state index in [1.165, 1.54) is 0 Å². The fourth-order valence-electron chi connectivity index (χ4n) is 5.52. The summed E-state index contributed by atoms with van der Waals surface area (Å²) in [4.78, 5) is 22.2. The van der Waals surface area contributed by atoms with Crippen molar-refractivity contribution in [1.29, 1.82) is 0 Å². The number of benzene rings is 4. The zero-order chi connectivity index (χ0) is 35.6. The Kier molecular flexibility index (Phi) is 11.5. The zero-order valence-corrected chi connectivity index (χ0v) is 26.7. The Balaban J connectivity index is 1.58. The highest BCUT2D eigenvalue weighted by Crippen LogP contribution is 2.44. The van der Waals surface area contributed by atoms with Crippen LogP contribution < -0.4 is 10.1 Å². The van der Waals surface area contributed by atoms with E-state index >= 15 is 0 Å². The largest absolute Gasteiger partial charge is 0.494 e. The van der Waals surface area contributed by atoms with Crippen molar-refractivity contribution in [3.05, 3.63) is 153 Å². The molecule has 0 spiro atoms. The van der Waals surface area contributed by atoms with Crippen molar-refractivity contribution in [1.82, 2.24) is 5.32 Å². The number of hydrogen-bond donors (Lipinski definition) is 2. The molecule has 1 aliphatic rings. The predicted octanol–water partition coefficient (Wildman–Crippen LogP) is 8.09. The van der Waals surface area contributed by atoms with Gasteiger partial charge in [0.15, 0.2) is 11.6 Å². The first kappa shape index (κ1) is 35.7. The molecule has 4 aromatic rings. The van der Waals surface area contributed by atoms with E-state index < -0.39 is 41.7 Å². The average molecular weight is 688 g/mol. The Morgan fingerprint density at radius 3 is 2.52 bits per heavy atom. The summed E-state index contributed by atoms with van der Waals surface area (Å²) in [5.41, 5.74) is 8.51. The molecule has 0 bridgehead atoms. The first-order valence-corrected chi connectivity index (χ1v) is 15.7. The van der Waals surface area contributed by atoms with Crippen LogP contribution in [0.15, 0.2) is 113 Å². The lowest BCUT2D eigenvalue weighted by Crippen LogP contribution is -2.48. The summed E-state index contributed by atoms with van der Waals surface area (Å²) in [7, 11) is 0. The van der Waals surface area contributed by atoms with Crippen LogP contribution in [0, 0.1) is 5.82 Å². The van der Waals surface area contributed by atoms with Crippen LogP contribution in [0.3, 0.4) is 0 Å². The number of nitrogens with zero attached hydrogens (tertiary/aromatic N) is 4. The van der Waals surface area contributed by atoms with Crippen LogP contribution in [-0.2, 0) is 28.8 Å². The van der Waals surface area contributed by atoms with Crippen molar-refractivity contribution in [3.8, 4) is 5.75 Å². The van der Waals surface area contributed by atoms with Gasteiger partial charge in [0.05, 0.1) is 18.7 Å². The molecule has 5 rings (SSSR count). The highest BCUT2D eigenvalue weighted by atomic mass is 19.4. The second-order valence-electron chi connectivity index (χ2n) is 11.4. The number of amides is 1. The quantitative estimate of drug-likeness (QED) is 0.0456.